The molecule has 0 radical (unpaired) electrons. The molecule has 1 rings (SSSR count). The number of hydrogen-bond donors (Lipinski definition) is 1. The van der Waals surface area contributed by atoms with Crippen molar-refractivity contribution in [2.75, 3.05) is 17.7 Å². The number of halogens is 1. The highest BCUT2D eigenvalue weighted by Crippen LogP contribution is 1.93. The Labute approximate surface area is 70.8 Å². The van der Waals surface area contributed by atoms with Gasteiger partial charge in [-0.05, 0) is 12.5 Å². The van der Waals surface area contributed by atoms with Gasteiger partial charge in [-0.3, -0.25) is 0 Å². The summed E-state index contributed by atoms with van der Waals surface area (Å²) in [6.07, 6.45) is 4.34. The van der Waals surface area contributed by atoms with Crippen molar-refractivity contribution in [3.05, 3.63) is 18.5 Å². The number of nitrogens with zero attached hydrogens (tertiary/aromatic N) is 2. The van der Waals surface area contributed by atoms with Gasteiger partial charge in [-0.25, -0.2) is 9.97 Å². The molecule has 0 aliphatic rings. The van der Waals surface area contributed by atoms with Crippen LogP contribution in [0, 0.1) is 0 Å². The van der Waals surface area contributed by atoms with Gasteiger partial charge in [0.1, 0.15) is 0 Å². The molecular weight excluding hydrogens is 162 g/mol. The van der Waals surface area contributed by atoms with Crippen LogP contribution in [0.4, 0.5) is 5.95 Å². The summed E-state index contributed by atoms with van der Waals surface area (Å²) >= 11 is 5.49. The summed E-state index contributed by atoms with van der Waals surface area (Å²) in [5, 5.41) is 3.04. The lowest BCUT2D eigenvalue weighted by molar-refractivity contribution is 0.958. The largest absolute Gasteiger partial charge is 0.354 e. The van der Waals surface area contributed by atoms with Crippen LogP contribution in [-0.4, -0.2) is 22.4 Å². The lowest BCUT2D eigenvalue weighted by Gasteiger charge is -2.00. The van der Waals surface area contributed by atoms with E-state index in [0.717, 1.165) is 13.0 Å². The summed E-state index contributed by atoms with van der Waals surface area (Å²) in [5.41, 5.74) is 0. The van der Waals surface area contributed by atoms with E-state index < -0.39 is 0 Å². The smallest absolute Gasteiger partial charge is 0.222 e. The molecule has 0 fully saturated rings. The second kappa shape index (κ2) is 4.91. The average Bonchev–Trinajstić information content (AvgIpc) is 2.07. The number of anilines is 1. The van der Waals surface area contributed by atoms with Crippen LogP contribution in [0.3, 0.4) is 0 Å². The lowest BCUT2D eigenvalue weighted by atomic mass is 10.5. The van der Waals surface area contributed by atoms with Gasteiger partial charge in [0.25, 0.3) is 0 Å². The van der Waals surface area contributed by atoms with Crippen molar-refractivity contribution >= 4 is 17.5 Å². The highest BCUT2D eigenvalue weighted by molar-refractivity contribution is 6.17. The molecule has 0 amide bonds. The molecule has 1 N–H and O–H groups in total. The summed E-state index contributed by atoms with van der Waals surface area (Å²) in [4.78, 5) is 7.97. The molecule has 0 unspecified atom stereocenters. The van der Waals surface area contributed by atoms with Gasteiger partial charge in [0.15, 0.2) is 0 Å². The van der Waals surface area contributed by atoms with E-state index in [2.05, 4.69) is 15.3 Å². The van der Waals surface area contributed by atoms with E-state index >= 15 is 0 Å². The minimum absolute atomic E-state index is 0.664. The van der Waals surface area contributed by atoms with E-state index in [9.17, 15) is 0 Å². The molecule has 0 atom stereocenters. The second-order valence-electron chi connectivity index (χ2n) is 2.04. The van der Waals surface area contributed by atoms with Crippen LogP contribution in [0.1, 0.15) is 6.42 Å². The van der Waals surface area contributed by atoms with E-state index in [0.29, 0.717) is 11.8 Å². The van der Waals surface area contributed by atoms with Crippen molar-refractivity contribution in [2.45, 2.75) is 6.42 Å². The third-order valence-electron chi connectivity index (χ3n) is 1.16. The first-order valence-corrected chi connectivity index (χ1v) is 4.04. The molecule has 0 saturated heterocycles. The maximum Gasteiger partial charge on any atom is 0.222 e. The molecule has 1 aromatic heterocycles. The number of rotatable bonds is 4. The molecule has 11 heavy (non-hydrogen) atoms. The van der Waals surface area contributed by atoms with Crippen molar-refractivity contribution in [3.63, 3.8) is 0 Å². The standard InChI is InChI=1S/C7H10ClN3/c8-3-1-4-9-7-10-5-2-6-11-7/h2,5-6H,1,3-4H2,(H,9,10,11). The SMILES string of the molecule is ClCCCNc1ncccn1. The summed E-state index contributed by atoms with van der Waals surface area (Å²) in [6.45, 7) is 0.827. The Morgan fingerprint density at radius 3 is 2.73 bits per heavy atom. The summed E-state index contributed by atoms with van der Waals surface area (Å²) in [5.74, 6) is 1.33. The first kappa shape index (κ1) is 8.27. The number of nitrogens with one attached hydrogen (secondary N) is 1. The fourth-order valence-electron chi connectivity index (χ4n) is 0.657. The monoisotopic (exact) mass is 171 g/mol. The Hall–Kier alpha value is -0.830. The zero-order valence-electron chi connectivity index (χ0n) is 6.13. The summed E-state index contributed by atoms with van der Waals surface area (Å²) in [6, 6.07) is 1.78. The van der Waals surface area contributed by atoms with Crippen LogP contribution in [0.15, 0.2) is 18.5 Å². The molecule has 0 aromatic carbocycles. The van der Waals surface area contributed by atoms with Gasteiger partial charge < -0.3 is 5.32 Å². The van der Waals surface area contributed by atoms with Crippen molar-refractivity contribution in [2.24, 2.45) is 0 Å². The van der Waals surface area contributed by atoms with Gasteiger partial charge in [-0.15, -0.1) is 11.6 Å². The maximum absolute atomic E-state index is 5.49. The fraction of sp³-hybridized carbons (Fsp3) is 0.429. The van der Waals surface area contributed by atoms with Gasteiger partial charge in [0, 0.05) is 24.8 Å². The first-order valence-electron chi connectivity index (χ1n) is 3.50. The van der Waals surface area contributed by atoms with Crippen molar-refractivity contribution in [1.82, 2.24) is 9.97 Å². The third-order valence-corrected chi connectivity index (χ3v) is 1.43. The quantitative estimate of drug-likeness (QED) is 0.552. The lowest BCUT2D eigenvalue weighted by Crippen LogP contribution is -2.04. The Balaban J connectivity index is 2.28. The number of hydrogen-bond acceptors (Lipinski definition) is 3. The molecule has 0 aliphatic carbocycles. The van der Waals surface area contributed by atoms with Crippen LogP contribution < -0.4 is 5.32 Å². The van der Waals surface area contributed by atoms with Crippen LogP contribution in [0.5, 0.6) is 0 Å². The van der Waals surface area contributed by atoms with E-state index in [1.807, 2.05) is 0 Å². The molecule has 0 bridgehead atoms. The van der Waals surface area contributed by atoms with E-state index in [4.69, 9.17) is 11.6 Å². The number of aromatic nitrogens is 2. The highest BCUT2D eigenvalue weighted by atomic mass is 35.5. The van der Waals surface area contributed by atoms with Gasteiger partial charge in [-0.2, -0.15) is 0 Å². The topological polar surface area (TPSA) is 37.8 Å². The molecule has 1 heterocycles. The fourth-order valence-corrected chi connectivity index (χ4v) is 0.791. The molecular formula is C7H10ClN3. The van der Waals surface area contributed by atoms with Gasteiger partial charge in [-0.1, -0.05) is 0 Å². The minimum atomic E-state index is 0.664. The Kier molecular flexibility index (Phi) is 3.69. The van der Waals surface area contributed by atoms with Gasteiger partial charge in [0.05, 0.1) is 0 Å². The molecule has 0 saturated carbocycles. The third kappa shape index (κ3) is 3.18. The van der Waals surface area contributed by atoms with Crippen LogP contribution >= 0.6 is 11.6 Å². The zero-order valence-corrected chi connectivity index (χ0v) is 6.88. The molecule has 1 aromatic rings. The van der Waals surface area contributed by atoms with Crippen molar-refractivity contribution in [3.8, 4) is 0 Å². The Morgan fingerprint density at radius 1 is 1.36 bits per heavy atom. The predicted octanol–water partition coefficient (Wildman–Crippen LogP) is 1.52. The minimum Gasteiger partial charge on any atom is -0.354 e. The van der Waals surface area contributed by atoms with Crippen LogP contribution in [0.2, 0.25) is 0 Å². The van der Waals surface area contributed by atoms with E-state index in [1.54, 1.807) is 18.5 Å². The summed E-state index contributed by atoms with van der Waals surface area (Å²) in [7, 11) is 0. The van der Waals surface area contributed by atoms with Crippen LogP contribution in [-0.2, 0) is 0 Å². The maximum atomic E-state index is 5.49. The average molecular weight is 172 g/mol. The first-order chi connectivity index (χ1) is 5.43. The van der Waals surface area contributed by atoms with Crippen LogP contribution in [0.25, 0.3) is 0 Å². The Bertz CT molecular complexity index is 190. The molecule has 0 aliphatic heterocycles. The van der Waals surface area contributed by atoms with Gasteiger partial charge >= 0.3 is 0 Å². The van der Waals surface area contributed by atoms with Crippen molar-refractivity contribution < 1.29 is 0 Å². The Morgan fingerprint density at radius 2 is 2.09 bits per heavy atom. The summed E-state index contributed by atoms with van der Waals surface area (Å²) < 4.78 is 0. The highest BCUT2D eigenvalue weighted by Gasteiger charge is 1.89. The molecule has 0 spiro atoms. The van der Waals surface area contributed by atoms with E-state index in [1.165, 1.54) is 0 Å². The molecule has 60 valence electrons. The van der Waals surface area contributed by atoms with Gasteiger partial charge in [0.2, 0.25) is 5.95 Å². The normalized spacial score (nSPS) is 9.55. The molecule has 3 nitrogen and oxygen atoms in total. The number of alkyl halides is 1. The van der Waals surface area contributed by atoms with E-state index in [-0.39, 0.29) is 0 Å². The zero-order chi connectivity index (χ0) is 7.94. The van der Waals surface area contributed by atoms with Crippen molar-refractivity contribution in [1.29, 1.82) is 0 Å². The predicted molar refractivity (Wildman–Crippen MR) is 45.9 cm³/mol. The molecule has 4 heteroatoms. The second-order valence-corrected chi connectivity index (χ2v) is 2.42.